The summed E-state index contributed by atoms with van der Waals surface area (Å²) in [4.78, 5) is 6.40. The second kappa shape index (κ2) is 5.98. The number of hydrogen-bond donors (Lipinski definition) is 1. The summed E-state index contributed by atoms with van der Waals surface area (Å²) in [5.41, 5.74) is 2.50. The molecule has 0 aliphatic heterocycles. The standard InChI is InChI=1S/C13H21N3O/c1-16(7-8-17-2)13-10-14-6-5-11(13)9-15-12-3-4-12/h5-6,10,12,15H,3-4,7-9H2,1-2H3. The number of rotatable bonds is 7. The zero-order chi connectivity index (χ0) is 12.1. The zero-order valence-corrected chi connectivity index (χ0v) is 10.6. The van der Waals surface area contributed by atoms with Crippen molar-refractivity contribution < 1.29 is 4.74 Å². The molecule has 0 atom stereocenters. The molecule has 0 spiro atoms. The van der Waals surface area contributed by atoms with E-state index in [2.05, 4.69) is 28.3 Å². The highest BCUT2D eigenvalue weighted by Crippen LogP contribution is 2.22. The first kappa shape index (κ1) is 12.3. The molecular weight excluding hydrogens is 214 g/mol. The normalized spacial score (nSPS) is 14.9. The predicted molar refractivity (Wildman–Crippen MR) is 69.2 cm³/mol. The molecule has 1 aromatic heterocycles. The monoisotopic (exact) mass is 235 g/mol. The molecule has 1 aromatic rings. The third kappa shape index (κ3) is 3.68. The van der Waals surface area contributed by atoms with Crippen LogP contribution in [-0.4, -0.2) is 38.3 Å². The third-order valence-corrected chi connectivity index (χ3v) is 3.09. The van der Waals surface area contributed by atoms with Gasteiger partial charge < -0.3 is 15.0 Å². The van der Waals surface area contributed by atoms with Crippen LogP contribution in [0.5, 0.6) is 0 Å². The molecule has 1 N–H and O–H groups in total. The topological polar surface area (TPSA) is 37.4 Å². The average molecular weight is 235 g/mol. The summed E-state index contributed by atoms with van der Waals surface area (Å²) in [5.74, 6) is 0. The first-order valence-corrected chi connectivity index (χ1v) is 6.17. The van der Waals surface area contributed by atoms with E-state index >= 15 is 0 Å². The van der Waals surface area contributed by atoms with Crippen molar-refractivity contribution in [1.82, 2.24) is 10.3 Å². The van der Waals surface area contributed by atoms with Crippen molar-refractivity contribution in [2.45, 2.75) is 25.4 Å². The summed E-state index contributed by atoms with van der Waals surface area (Å²) in [6.07, 6.45) is 6.43. The Labute approximate surface area is 103 Å². The highest BCUT2D eigenvalue weighted by atomic mass is 16.5. The lowest BCUT2D eigenvalue weighted by Crippen LogP contribution is -2.25. The van der Waals surface area contributed by atoms with Crippen LogP contribution in [0.1, 0.15) is 18.4 Å². The molecular formula is C13H21N3O. The van der Waals surface area contributed by atoms with Crippen LogP contribution < -0.4 is 10.2 Å². The van der Waals surface area contributed by atoms with Crippen LogP contribution in [0.15, 0.2) is 18.5 Å². The molecule has 0 radical (unpaired) electrons. The Balaban J connectivity index is 1.97. The summed E-state index contributed by atoms with van der Waals surface area (Å²) in [5, 5.41) is 3.54. The van der Waals surface area contributed by atoms with Crippen LogP contribution in [0.2, 0.25) is 0 Å². The quantitative estimate of drug-likeness (QED) is 0.775. The van der Waals surface area contributed by atoms with Crippen molar-refractivity contribution in [3.63, 3.8) is 0 Å². The van der Waals surface area contributed by atoms with Crippen LogP contribution in [0.25, 0.3) is 0 Å². The Kier molecular flexibility index (Phi) is 4.34. The van der Waals surface area contributed by atoms with Gasteiger partial charge in [0.05, 0.1) is 18.5 Å². The lowest BCUT2D eigenvalue weighted by atomic mass is 10.2. The number of nitrogens with zero attached hydrogens (tertiary/aromatic N) is 2. The van der Waals surface area contributed by atoms with Gasteiger partial charge in [-0.3, -0.25) is 4.98 Å². The molecule has 1 saturated carbocycles. The molecule has 1 fully saturated rings. The Morgan fingerprint density at radius 1 is 1.53 bits per heavy atom. The number of pyridine rings is 1. The number of nitrogens with one attached hydrogen (secondary N) is 1. The van der Waals surface area contributed by atoms with Gasteiger partial charge in [-0.05, 0) is 24.5 Å². The third-order valence-electron chi connectivity index (χ3n) is 3.09. The summed E-state index contributed by atoms with van der Waals surface area (Å²) >= 11 is 0. The molecule has 0 saturated heterocycles. The molecule has 1 aliphatic carbocycles. The van der Waals surface area contributed by atoms with E-state index in [0.717, 1.165) is 25.7 Å². The van der Waals surface area contributed by atoms with E-state index in [1.807, 2.05) is 12.4 Å². The predicted octanol–water partition coefficient (Wildman–Crippen LogP) is 1.42. The van der Waals surface area contributed by atoms with Crippen molar-refractivity contribution in [3.8, 4) is 0 Å². The van der Waals surface area contributed by atoms with Crippen molar-refractivity contribution in [2.75, 3.05) is 32.2 Å². The van der Waals surface area contributed by atoms with E-state index in [-0.39, 0.29) is 0 Å². The molecule has 0 bridgehead atoms. The average Bonchev–Trinajstić information content (AvgIpc) is 3.18. The number of aromatic nitrogens is 1. The van der Waals surface area contributed by atoms with Gasteiger partial charge in [-0.2, -0.15) is 0 Å². The summed E-state index contributed by atoms with van der Waals surface area (Å²) in [6.45, 7) is 2.55. The Bertz CT molecular complexity index is 352. The number of likely N-dealkylation sites (N-methyl/N-ethyl adjacent to an activating group) is 1. The fourth-order valence-electron chi connectivity index (χ4n) is 1.80. The van der Waals surface area contributed by atoms with E-state index in [1.165, 1.54) is 24.1 Å². The van der Waals surface area contributed by atoms with Crippen molar-refractivity contribution in [1.29, 1.82) is 0 Å². The molecule has 4 heteroatoms. The van der Waals surface area contributed by atoms with Gasteiger partial charge in [-0.1, -0.05) is 0 Å². The van der Waals surface area contributed by atoms with E-state index < -0.39 is 0 Å². The van der Waals surface area contributed by atoms with Crippen LogP contribution in [0.3, 0.4) is 0 Å². The molecule has 0 unspecified atom stereocenters. The molecule has 2 rings (SSSR count). The molecule has 94 valence electrons. The van der Waals surface area contributed by atoms with Crippen molar-refractivity contribution >= 4 is 5.69 Å². The van der Waals surface area contributed by atoms with Gasteiger partial charge >= 0.3 is 0 Å². The summed E-state index contributed by atoms with van der Waals surface area (Å²) in [7, 11) is 3.81. The van der Waals surface area contributed by atoms with E-state index in [0.29, 0.717) is 0 Å². The van der Waals surface area contributed by atoms with Crippen LogP contribution in [0, 0.1) is 0 Å². The Hall–Kier alpha value is -1.13. The van der Waals surface area contributed by atoms with E-state index in [9.17, 15) is 0 Å². The highest BCUT2D eigenvalue weighted by molar-refractivity contribution is 5.50. The maximum absolute atomic E-state index is 5.10. The molecule has 4 nitrogen and oxygen atoms in total. The molecule has 17 heavy (non-hydrogen) atoms. The molecule has 0 aromatic carbocycles. The van der Waals surface area contributed by atoms with Gasteiger partial charge in [-0.15, -0.1) is 0 Å². The van der Waals surface area contributed by atoms with Crippen LogP contribution >= 0.6 is 0 Å². The number of anilines is 1. The Morgan fingerprint density at radius 2 is 2.35 bits per heavy atom. The van der Waals surface area contributed by atoms with Gasteiger partial charge in [-0.25, -0.2) is 0 Å². The minimum Gasteiger partial charge on any atom is -0.383 e. The minimum atomic E-state index is 0.736. The molecule has 0 amide bonds. The van der Waals surface area contributed by atoms with Crippen LogP contribution in [-0.2, 0) is 11.3 Å². The van der Waals surface area contributed by atoms with E-state index in [4.69, 9.17) is 4.74 Å². The molecule has 1 aliphatic rings. The maximum Gasteiger partial charge on any atom is 0.0637 e. The van der Waals surface area contributed by atoms with Crippen molar-refractivity contribution in [3.05, 3.63) is 24.0 Å². The summed E-state index contributed by atoms with van der Waals surface area (Å²) < 4.78 is 5.10. The van der Waals surface area contributed by atoms with E-state index in [1.54, 1.807) is 7.11 Å². The summed E-state index contributed by atoms with van der Waals surface area (Å²) in [6, 6.07) is 2.83. The fourth-order valence-corrected chi connectivity index (χ4v) is 1.80. The second-order valence-electron chi connectivity index (χ2n) is 4.57. The van der Waals surface area contributed by atoms with Gasteiger partial charge in [0.1, 0.15) is 0 Å². The first-order valence-electron chi connectivity index (χ1n) is 6.17. The number of hydrogen-bond acceptors (Lipinski definition) is 4. The minimum absolute atomic E-state index is 0.736. The number of ether oxygens (including phenoxy) is 1. The zero-order valence-electron chi connectivity index (χ0n) is 10.6. The number of methoxy groups -OCH3 is 1. The first-order chi connectivity index (χ1) is 8.31. The van der Waals surface area contributed by atoms with Gasteiger partial charge in [0.25, 0.3) is 0 Å². The SMILES string of the molecule is COCCN(C)c1cnccc1CNC1CC1. The largest absolute Gasteiger partial charge is 0.383 e. The van der Waals surface area contributed by atoms with Crippen LogP contribution in [0.4, 0.5) is 5.69 Å². The van der Waals surface area contributed by atoms with Gasteiger partial charge in [0, 0.05) is 39.5 Å². The lowest BCUT2D eigenvalue weighted by molar-refractivity contribution is 0.206. The lowest BCUT2D eigenvalue weighted by Gasteiger charge is -2.21. The fraction of sp³-hybridized carbons (Fsp3) is 0.615. The van der Waals surface area contributed by atoms with Crippen molar-refractivity contribution in [2.24, 2.45) is 0 Å². The highest BCUT2D eigenvalue weighted by Gasteiger charge is 2.20. The Morgan fingerprint density at radius 3 is 3.06 bits per heavy atom. The second-order valence-corrected chi connectivity index (χ2v) is 4.57. The smallest absolute Gasteiger partial charge is 0.0637 e. The molecule has 1 heterocycles. The van der Waals surface area contributed by atoms with Gasteiger partial charge in [0.2, 0.25) is 0 Å². The maximum atomic E-state index is 5.10. The van der Waals surface area contributed by atoms with Gasteiger partial charge in [0.15, 0.2) is 0 Å².